The Morgan fingerprint density at radius 2 is 1.20 bits per heavy atom. The fourth-order valence-corrected chi connectivity index (χ4v) is 4.71. The molecule has 5 aromatic rings. The van der Waals surface area contributed by atoms with Gasteiger partial charge in [0.2, 0.25) is 0 Å². The lowest BCUT2D eigenvalue weighted by Gasteiger charge is -2.07. The Balaban J connectivity index is 1.51. The number of hydrogen-bond acceptors (Lipinski definition) is 4. The van der Waals surface area contributed by atoms with Crippen LogP contribution in [0.2, 0.25) is 0 Å². The van der Waals surface area contributed by atoms with Crippen molar-refractivity contribution in [2.75, 3.05) is 0 Å². The van der Waals surface area contributed by atoms with E-state index in [0.29, 0.717) is 11.1 Å². The van der Waals surface area contributed by atoms with Gasteiger partial charge in [0.25, 0.3) is 0 Å². The van der Waals surface area contributed by atoms with Crippen molar-refractivity contribution in [1.29, 1.82) is 10.5 Å². The van der Waals surface area contributed by atoms with Crippen LogP contribution >= 0.6 is 0 Å². The van der Waals surface area contributed by atoms with Gasteiger partial charge in [-0.25, -0.2) is 0 Å². The van der Waals surface area contributed by atoms with Gasteiger partial charge in [0.05, 0.1) is 12.1 Å². The van der Waals surface area contributed by atoms with Crippen molar-refractivity contribution in [1.82, 2.24) is 4.57 Å². The Kier molecular flexibility index (Phi) is 7.67. The monoisotopic (exact) mass is 523 g/mol. The average molecular weight is 524 g/mol. The maximum absolute atomic E-state index is 8.91. The molecule has 0 aliphatic heterocycles. The number of fused-ring (bicyclic) bond motifs is 3. The molecule has 0 spiro atoms. The van der Waals surface area contributed by atoms with Gasteiger partial charge in [0.1, 0.15) is 23.0 Å². The van der Waals surface area contributed by atoms with Crippen molar-refractivity contribution in [3.63, 3.8) is 0 Å². The van der Waals surface area contributed by atoms with Crippen molar-refractivity contribution < 1.29 is 8.83 Å². The number of aromatic nitrogens is 1. The third kappa shape index (κ3) is 5.46. The third-order valence-electron chi connectivity index (χ3n) is 6.70. The first kappa shape index (κ1) is 26.4. The lowest BCUT2D eigenvalue weighted by atomic mass is 10.1. The number of hydrogen-bond donors (Lipinski definition) is 0. The van der Waals surface area contributed by atoms with Crippen LogP contribution in [0.15, 0.2) is 105 Å². The van der Waals surface area contributed by atoms with E-state index in [9.17, 15) is 0 Å². The normalized spacial score (nSPS) is 12.6. The topological polar surface area (TPSA) is 78.8 Å². The van der Waals surface area contributed by atoms with Crippen LogP contribution in [0.1, 0.15) is 38.7 Å². The standard InChI is InChI=1S/C35H29N3O2/c1-4-19-38-32-20-26(34-17-13-28(39-34)9-5-7-24(2)22-36)11-15-30(32)31-16-12-27(21-33(31)38)35-18-14-29(40-35)10-6-8-25(3)23-37/h5-18,20-21H,4,19H2,1-3H3/b9-5+,10-6+,24-7-,25-8-. The SMILES string of the molecule is CCCn1c2cc(-c3ccc(/C=C/C=C(/C)C#N)o3)ccc2c2ccc(-c3ccc(/C=C/C=C(/C)C#N)o3)cc21. The summed E-state index contributed by atoms with van der Waals surface area (Å²) in [5.74, 6) is 3.07. The highest BCUT2D eigenvalue weighted by Gasteiger charge is 2.15. The van der Waals surface area contributed by atoms with Crippen molar-refractivity contribution in [2.24, 2.45) is 0 Å². The molecule has 0 unspecified atom stereocenters. The van der Waals surface area contributed by atoms with E-state index in [4.69, 9.17) is 19.4 Å². The van der Waals surface area contributed by atoms with E-state index in [2.05, 4.69) is 60.0 Å². The Bertz CT molecular complexity index is 1770. The van der Waals surface area contributed by atoms with E-state index < -0.39 is 0 Å². The van der Waals surface area contributed by atoms with Crippen molar-refractivity contribution >= 4 is 34.0 Å². The number of furan rings is 2. The van der Waals surface area contributed by atoms with Gasteiger partial charge in [-0.1, -0.05) is 43.3 Å². The van der Waals surface area contributed by atoms with E-state index in [1.807, 2.05) is 48.6 Å². The molecule has 0 saturated heterocycles. The summed E-state index contributed by atoms with van der Waals surface area (Å²) in [5.41, 5.74) is 5.64. The zero-order valence-electron chi connectivity index (χ0n) is 22.8. The van der Waals surface area contributed by atoms with Crippen LogP contribution in [0.3, 0.4) is 0 Å². The highest BCUT2D eigenvalue weighted by Crippen LogP contribution is 2.36. The summed E-state index contributed by atoms with van der Waals surface area (Å²) < 4.78 is 14.5. The van der Waals surface area contributed by atoms with Crippen molar-refractivity contribution in [3.8, 4) is 34.8 Å². The van der Waals surface area contributed by atoms with E-state index in [1.165, 1.54) is 10.8 Å². The molecule has 0 fully saturated rings. The van der Waals surface area contributed by atoms with Crippen LogP contribution in [0.25, 0.3) is 56.6 Å². The van der Waals surface area contributed by atoms with Gasteiger partial charge >= 0.3 is 0 Å². The summed E-state index contributed by atoms with van der Waals surface area (Å²) in [7, 11) is 0. The molecular formula is C35H29N3O2. The zero-order valence-corrected chi connectivity index (χ0v) is 22.8. The summed E-state index contributed by atoms with van der Waals surface area (Å²) in [5, 5.41) is 20.2. The first-order chi connectivity index (χ1) is 19.5. The molecule has 0 atom stereocenters. The Morgan fingerprint density at radius 1 is 0.725 bits per heavy atom. The summed E-state index contributed by atoms with van der Waals surface area (Å²) in [6, 6.07) is 25.0. The van der Waals surface area contributed by atoms with Gasteiger partial charge in [-0.2, -0.15) is 10.5 Å². The minimum absolute atomic E-state index is 0.643. The maximum atomic E-state index is 8.91. The predicted molar refractivity (Wildman–Crippen MR) is 162 cm³/mol. The summed E-state index contributed by atoms with van der Waals surface area (Å²) in [4.78, 5) is 0. The molecule has 0 N–H and O–H groups in total. The van der Waals surface area contributed by atoms with E-state index in [0.717, 1.165) is 58.2 Å². The number of nitrogens with zero attached hydrogens (tertiary/aromatic N) is 3. The van der Waals surface area contributed by atoms with E-state index in [1.54, 1.807) is 26.0 Å². The number of rotatable bonds is 8. The van der Waals surface area contributed by atoms with Gasteiger partial charge in [-0.05, 0) is 81.0 Å². The highest BCUT2D eigenvalue weighted by molar-refractivity contribution is 6.09. The van der Waals surface area contributed by atoms with Crippen LogP contribution in [-0.2, 0) is 6.54 Å². The molecule has 0 aliphatic carbocycles. The molecule has 5 heteroatoms. The Morgan fingerprint density at radius 3 is 1.62 bits per heavy atom. The molecule has 0 aliphatic rings. The van der Waals surface area contributed by atoms with Crippen LogP contribution in [0.5, 0.6) is 0 Å². The molecule has 5 rings (SSSR count). The van der Waals surface area contributed by atoms with Crippen LogP contribution in [0, 0.1) is 22.7 Å². The second-order valence-electron chi connectivity index (χ2n) is 9.66. The number of benzene rings is 2. The number of aryl methyl sites for hydroxylation is 1. The smallest absolute Gasteiger partial charge is 0.134 e. The second-order valence-corrected chi connectivity index (χ2v) is 9.66. The summed E-state index contributed by atoms with van der Waals surface area (Å²) in [6.45, 7) is 6.62. The highest BCUT2D eigenvalue weighted by atomic mass is 16.3. The first-order valence-corrected chi connectivity index (χ1v) is 13.3. The zero-order chi connectivity index (χ0) is 28.1. The first-order valence-electron chi connectivity index (χ1n) is 13.3. The molecule has 3 heterocycles. The van der Waals surface area contributed by atoms with Gasteiger partial charge in [-0.3, -0.25) is 0 Å². The fraction of sp³-hybridized carbons (Fsp3) is 0.143. The maximum Gasteiger partial charge on any atom is 0.134 e. The minimum atomic E-state index is 0.643. The molecular weight excluding hydrogens is 494 g/mol. The van der Waals surface area contributed by atoms with E-state index in [-0.39, 0.29) is 0 Å². The quantitative estimate of drug-likeness (QED) is 0.150. The lowest BCUT2D eigenvalue weighted by molar-refractivity contribution is 0.571. The Labute approximate surface area is 233 Å². The number of allylic oxidation sites excluding steroid dienone is 6. The molecule has 0 amide bonds. The van der Waals surface area contributed by atoms with Gasteiger partial charge in [-0.15, -0.1) is 0 Å². The lowest BCUT2D eigenvalue weighted by Crippen LogP contribution is -1.96. The molecule has 3 aromatic heterocycles. The second kappa shape index (κ2) is 11.6. The molecule has 196 valence electrons. The van der Waals surface area contributed by atoms with Gasteiger partial charge < -0.3 is 13.4 Å². The Hall–Kier alpha value is -5.26. The molecule has 0 saturated carbocycles. The van der Waals surface area contributed by atoms with Crippen LogP contribution in [-0.4, -0.2) is 4.57 Å². The minimum Gasteiger partial charge on any atom is -0.457 e. The molecule has 2 aromatic carbocycles. The van der Waals surface area contributed by atoms with E-state index >= 15 is 0 Å². The van der Waals surface area contributed by atoms with Crippen molar-refractivity contribution in [2.45, 2.75) is 33.7 Å². The van der Waals surface area contributed by atoms with Crippen LogP contribution < -0.4 is 0 Å². The number of nitriles is 2. The van der Waals surface area contributed by atoms with Gasteiger partial charge in [0, 0.05) is 50.6 Å². The summed E-state index contributed by atoms with van der Waals surface area (Å²) >= 11 is 0. The molecule has 0 bridgehead atoms. The molecule has 0 radical (unpaired) electrons. The van der Waals surface area contributed by atoms with Crippen molar-refractivity contribution in [3.05, 3.63) is 108 Å². The largest absolute Gasteiger partial charge is 0.457 e. The van der Waals surface area contributed by atoms with Gasteiger partial charge in [0.15, 0.2) is 0 Å². The third-order valence-corrected chi connectivity index (χ3v) is 6.70. The summed E-state index contributed by atoms with van der Waals surface area (Å²) in [6.07, 6.45) is 11.9. The average Bonchev–Trinajstić information content (AvgIpc) is 3.71. The predicted octanol–water partition coefficient (Wildman–Crippen LogP) is 9.69. The molecule has 5 nitrogen and oxygen atoms in total. The van der Waals surface area contributed by atoms with Crippen LogP contribution in [0.4, 0.5) is 0 Å². The fourth-order valence-electron chi connectivity index (χ4n) is 4.71. The molecule has 40 heavy (non-hydrogen) atoms.